The van der Waals surface area contributed by atoms with E-state index in [9.17, 15) is 0 Å². The maximum absolute atomic E-state index is 2.34. The van der Waals surface area contributed by atoms with Crippen molar-refractivity contribution >= 4 is 31.5 Å². The zero-order chi connectivity index (χ0) is 24.6. The first-order valence-electron chi connectivity index (χ1n) is 12.6. The summed E-state index contributed by atoms with van der Waals surface area (Å²) in [6.45, 7) is 0. The second-order valence-electron chi connectivity index (χ2n) is 9.41. The second kappa shape index (κ2) is 9.20. The van der Waals surface area contributed by atoms with Crippen LogP contribution >= 0.6 is 11.3 Å². The molecule has 0 saturated carbocycles. The fraction of sp³-hybridized carbons (Fsp3) is 0. The van der Waals surface area contributed by atoms with Crippen LogP contribution in [-0.2, 0) is 0 Å². The van der Waals surface area contributed by atoms with Crippen molar-refractivity contribution in [3.05, 3.63) is 146 Å². The van der Waals surface area contributed by atoms with E-state index in [1.165, 1.54) is 64.7 Å². The summed E-state index contributed by atoms with van der Waals surface area (Å²) in [4.78, 5) is 0. The van der Waals surface area contributed by atoms with E-state index in [1.807, 2.05) is 11.3 Å². The van der Waals surface area contributed by atoms with Crippen molar-refractivity contribution in [1.29, 1.82) is 0 Å². The van der Waals surface area contributed by atoms with Gasteiger partial charge in [0.15, 0.2) is 0 Å². The van der Waals surface area contributed by atoms with E-state index in [2.05, 4.69) is 146 Å². The summed E-state index contributed by atoms with van der Waals surface area (Å²) in [5.74, 6) is 0. The maximum atomic E-state index is 2.34. The van der Waals surface area contributed by atoms with Gasteiger partial charge in [0.2, 0.25) is 0 Å². The summed E-state index contributed by atoms with van der Waals surface area (Å²) >= 11 is 1.88. The van der Waals surface area contributed by atoms with Crippen LogP contribution in [-0.4, -0.2) is 0 Å². The number of hydrogen-bond donors (Lipinski definition) is 0. The van der Waals surface area contributed by atoms with E-state index in [0.717, 1.165) is 0 Å². The lowest BCUT2D eigenvalue weighted by Gasteiger charge is -2.06. The first-order valence-corrected chi connectivity index (χ1v) is 13.4. The molecule has 0 aliphatic carbocycles. The normalized spacial score (nSPS) is 11.2. The van der Waals surface area contributed by atoms with Crippen molar-refractivity contribution in [2.24, 2.45) is 0 Å². The highest BCUT2D eigenvalue weighted by molar-refractivity contribution is 7.25. The Bertz CT molecular complexity index is 1690. The molecule has 0 radical (unpaired) electrons. The van der Waals surface area contributed by atoms with Crippen molar-refractivity contribution in [2.75, 3.05) is 0 Å². The Balaban J connectivity index is 1.20. The molecule has 0 spiro atoms. The molecule has 6 aromatic carbocycles. The summed E-state index contributed by atoms with van der Waals surface area (Å²) < 4.78 is 2.66. The molecule has 0 unspecified atom stereocenters. The standard InChI is InChI=1S/C36H24S/c1-3-7-25(8-4-1)27-11-15-29(16-12-27)31-19-21-33-34-22-20-32(24-36(34)37-35(33)23-31)30-17-13-28(14-18-30)26-9-5-2-6-10-26/h1-24H. The smallest absolute Gasteiger partial charge is 0.0361 e. The SMILES string of the molecule is c1ccc(-c2ccc(-c3ccc4c(c3)sc3cc(-c5ccc(-c6ccccc6)cc5)ccc34)cc2)cc1. The van der Waals surface area contributed by atoms with Crippen molar-refractivity contribution in [2.45, 2.75) is 0 Å². The Morgan fingerprint density at radius 3 is 0.946 bits per heavy atom. The zero-order valence-electron chi connectivity index (χ0n) is 20.3. The van der Waals surface area contributed by atoms with Gasteiger partial charge in [-0.1, -0.05) is 133 Å². The maximum Gasteiger partial charge on any atom is 0.0361 e. The molecular weight excluding hydrogens is 464 g/mol. The molecule has 0 aliphatic heterocycles. The molecule has 0 atom stereocenters. The third-order valence-corrected chi connectivity index (χ3v) is 8.24. The molecule has 1 heteroatoms. The number of thiophene rings is 1. The molecule has 0 nitrogen and oxygen atoms in total. The minimum Gasteiger partial charge on any atom is -0.135 e. The molecule has 174 valence electrons. The van der Waals surface area contributed by atoms with Crippen molar-refractivity contribution < 1.29 is 0 Å². The molecular formula is C36H24S. The largest absolute Gasteiger partial charge is 0.135 e. The van der Waals surface area contributed by atoms with E-state index in [0.29, 0.717) is 0 Å². The molecule has 0 N–H and O–H groups in total. The van der Waals surface area contributed by atoms with Crippen LogP contribution < -0.4 is 0 Å². The Hall–Kier alpha value is -4.46. The van der Waals surface area contributed by atoms with Crippen LogP contribution in [0.5, 0.6) is 0 Å². The average Bonchev–Trinajstić information content (AvgIpc) is 3.35. The third-order valence-electron chi connectivity index (χ3n) is 7.12. The molecule has 0 bridgehead atoms. The summed E-state index contributed by atoms with van der Waals surface area (Å²) in [6.07, 6.45) is 0. The number of hydrogen-bond acceptors (Lipinski definition) is 1. The van der Waals surface area contributed by atoms with Crippen LogP contribution in [0.25, 0.3) is 64.7 Å². The van der Waals surface area contributed by atoms with Crippen molar-refractivity contribution in [3.63, 3.8) is 0 Å². The van der Waals surface area contributed by atoms with E-state index in [1.54, 1.807) is 0 Å². The zero-order valence-corrected chi connectivity index (χ0v) is 21.1. The fourth-order valence-electron chi connectivity index (χ4n) is 5.11. The van der Waals surface area contributed by atoms with Gasteiger partial charge in [0.05, 0.1) is 0 Å². The quantitative estimate of drug-likeness (QED) is 0.231. The summed E-state index contributed by atoms with van der Waals surface area (Å²) in [7, 11) is 0. The highest BCUT2D eigenvalue weighted by Gasteiger charge is 2.09. The Labute approximate surface area is 221 Å². The van der Waals surface area contributed by atoms with Crippen LogP contribution in [0.4, 0.5) is 0 Å². The minimum atomic E-state index is 1.25. The topological polar surface area (TPSA) is 0 Å². The molecule has 0 amide bonds. The van der Waals surface area contributed by atoms with Gasteiger partial charge in [-0.2, -0.15) is 0 Å². The van der Waals surface area contributed by atoms with Gasteiger partial charge in [-0.05, 0) is 56.6 Å². The Kier molecular flexibility index (Phi) is 5.42. The molecule has 0 saturated heterocycles. The van der Waals surface area contributed by atoms with Gasteiger partial charge in [0.1, 0.15) is 0 Å². The average molecular weight is 489 g/mol. The van der Waals surface area contributed by atoms with Gasteiger partial charge in [-0.15, -0.1) is 11.3 Å². The number of fused-ring (bicyclic) bond motifs is 3. The van der Waals surface area contributed by atoms with Gasteiger partial charge in [0.25, 0.3) is 0 Å². The summed E-state index contributed by atoms with van der Waals surface area (Å²) in [5, 5.41) is 2.66. The van der Waals surface area contributed by atoms with E-state index in [-0.39, 0.29) is 0 Å². The lowest BCUT2D eigenvalue weighted by molar-refractivity contribution is 1.60. The van der Waals surface area contributed by atoms with E-state index in [4.69, 9.17) is 0 Å². The molecule has 7 aromatic rings. The van der Waals surface area contributed by atoms with Crippen LogP contribution in [0.2, 0.25) is 0 Å². The summed E-state index contributed by atoms with van der Waals surface area (Å²) in [6, 6.07) is 52.6. The lowest BCUT2D eigenvalue weighted by Crippen LogP contribution is -1.80. The minimum absolute atomic E-state index is 1.25. The predicted octanol–water partition coefficient (Wildman–Crippen LogP) is 10.7. The first-order chi connectivity index (χ1) is 18.3. The summed E-state index contributed by atoms with van der Waals surface area (Å²) in [5.41, 5.74) is 10.0. The molecule has 0 aliphatic rings. The van der Waals surface area contributed by atoms with Gasteiger partial charge in [0, 0.05) is 20.2 Å². The number of rotatable bonds is 4. The van der Waals surface area contributed by atoms with Gasteiger partial charge < -0.3 is 0 Å². The van der Waals surface area contributed by atoms with Crippen LogP contribution in [0.15, 0.2) is 146 Å². The van der Waals surface area contributed by atoms with Crippen LogP contribution in [0.1, 0.15) is 0 Å². The van der Waals surface area contributed by atoms with Crippen LogP contribution in [0.3, 0.4) is 0 Å². The van der Waals surface area contributed by atoms with Gasteiger partial charge in [-0.3, -0.25) is 0 Å². The highest BCUT2D eigenvalue weighted by Crippen LogP contribution is 2.39. The van der Waals surface area contributed by atoms with Crippen molar-refractivity contribution in [1.82, 2.24) is 0 Å². The third kappa shape index (κ3) is 4.14. The predicted molar refractivity (Wildman–Crippen MR) is 161 cm³/mol. The highest BCUT2D eigenvalue weighted by atomic mass is 32.1. The molecule has 1 heterocycles. The van der Waals surface area contributed by atoms with E-state index < -0.39 is 0 Å². The van der Waals surface area contributed by atoms with Gasteiger partial charge >= 0.3 is 0 Å². The van der Waals surface area contributed by atoms with Gasteiger partial charge in [-0.25, -0.2) is 0 Å². The first kappa shape index (κ1) is 21.8. The van der Waals surface area contributed by atoms with E-state index >= 15 is 0 Å². The fourth-order valence-corrected chi connectivity index (χ4v) is 6.29. The molecule has 37 heavy (non-hydrogen) atoms. The molecule has 1 aromatic heterocycles. The molecule has 7 rings (SSSR count). The number of benzene rings is 6. The van der Waals surface area contributed by atoms with Crippen LogP contribution in [0, 0.1) is 0 Å². The second-order valence-corrected chi connectivity index (χ2v) is 10.5. The Morgan fingerprint density at radius 2 is 0.568 bits per heavy atom. The molecule has 0 fully saturated rings. The lowest BCUT2D eigenvalue weighted by atomic mass is 9.98. The van der Waals surface area contributed by atoms with Crippen molar-refractivity contribution in [3.8, 4) is 44.5 Å². The monoisotopic (exact) mass is 488 g/mol. The Morgan fingerprint density at radius 1 is 0.270 bits per heavy atom.